The molecule has 0 heterocycles. The summed E-state index contributed by atoms with van der Waals surface area (Å²) in [6, 6.07) is 8.70. The van der Waals surface area contributed by atoms with Crippen molar-refractivity contribution in [1.82, 2.24) is 10.6 Å². The van der Waals surface area contributed by atoms with Gasteiger partial charge in [0.2, 0.25) is 5.91 Å². The molecule has 0 fully saturated rings. The molecule has 0 aliphatic rings. The number of likely N-dealkylation sites (N-methyl/N-ethyl adjacent to an activating group) is 1. The Labute approximate surface area is 129 Å². The smallest absolute Gasteiger partial charge is 0.236 e. The van der Waals surface area contributed by atoms with Crippen molar-refractivity contribution in [3.8, 4) is 0 Å². The molecule has 1 aromatic carbocycles. The highest BCUT2D eigenvalue weighted by Gasteiger charge is 2.22. The normalized spacial score (nSPS) is 14.9. The molecule has 0 aliphatic heterocycles. The Balaban J connectivity index is 2.94. The summed E-state index contributed by atoms with van der Waals surface area (Å²) in [5.41, 5.74) is 2.72. The molecule has 0 aliphatic carbocycles. The van der Waals surface area contributed by atoms with Gasteiger partial charge in [-0.25, -0.2) is 0 Å². The fourth-order valence-corrected chi connectivity index (χ4v) is 2.43. The molecule has 2 N–H and O–H groups in total. The molecule has 0 saturated heterocycles. The zero-order valence-electron chi connectivity index (χ0n) is 14.4. The summed E-state index contributed by atoms with van der Waals surface area (Å²) in [5.74, 6) is 0.435. The van der Waals surface area contributed by atoms with Gasteiger partial charge in [-0.15, -0.1) is 0 Å². The summed E-state index contributed by atoms with van der Waals surface area (Å²) in [7, 11) is 1.67. The molecule has 0 bridgehead atoms. The lowest BCUT2D eigenvalue weighted by Gasteiger charge is -2.27. The Morgan fingerprint density at radius 3 is 1.95 bits per heavy atom. The SMILES string of the molecule is CNC(=O)[C@@H](C)N[C@H](c1ccc(C(C)(C)C)cc1)C(C)C. The highest BCUT2D eigenvalue weighted by atomic mass is 16.2. The first-order chi connectivity index (χ1) is 9.66. The number of benzene rings is 1. The highest BCUT2D eigenvalue weighted by Crippen LogP contribution is 2.27. The summed E-state index contributed by atoms with van der Waals surface area (Å²) in [6.45, 7) is 12.9. The van der Waals surface area contributed by atoms with Crippen LogP contribution in [0.25, 0.3) is 0 Å². The largest absolute Gasteiger partial charge is 0.358 e. The molecule has 0 unspecified atom stereocenters. The molecule has 2 atom stereocenters. The predicted octanol–water partition coefficient (Wildman–Crippen LogP) is 3.41. The number of rotatable bonds is 5. The molecular weight excluding hydrogens is 260 g/mol. The first-order valence-corrected chi connectivity index (χ1v) is 7.75. The van der Waals surface area contributed by atoms with E-state index in [4.69, 9.17) is 0 Å². The Morgan fingerprint density at radius 1 is 1.05 bits per heavy atom. The average Bonchev–Trinajstić information content (AvgIpc) is 2.42. The maximum absolute atomic E-state index is 11.7. The number of carbonyl (C=O) groups is 1. The second-order valence-corrected chi connectivity index (χ2v) is 7.10. The van der Waals surface area contributed by atoms with Gasteiger partial charge >= 0.3 is 0 Å². The highest BCUT2D eigenvalue weighted by molar-refractivity contribution is 5.81. The minimum atomic E-state index is -0.204. The molecule has 1 amide bonds. The molecule has 1 aromatic rings. The van der Waals surface area contributed by atoms with Crippen LogP contribution < -0.4 is 10.6 Å². The Hall–Kier alpha value is -1.35. The van der Waals surface area contributed by atoms with Gasteiger partial charge in [0.15, 0.2) is 0 Å². The summed E-state index contributed by atoms with van der Waals surface area (Å²) in [6.07, 6.45) is 0. The van der Waals surface area contributed by atoms with Crippen molar-refractivity contribution in [2.45, 2.75) is 59.0 Å². The van der Waals surface area contributed by atoms with Crippen molar-refractivity contribution in [1.29, 1.82) is 0 Å². The number of hydrogen-bond donors (Lipinski definition) is 2. The second-order valence-electron chi connectivity index (χ2n) is 7.10. The lowest BCUT2D eigenvalue weighted by atomic mass is 9.85. The van der Waals surface area contributed by atoms with E-state index in [2.05, 4.69) is 69.5 Å². The van der Waals surface area contributed by atoms with Gasteiger partial charge in [0, 0.05) is 13.1 Å². The summed E-state index contributed by atoms with van der Waals surface area (Å²) >= 11 is 0. The van der Waals surface area contributed by atoms with Crippen molar-refractivity contribution >= 4 is 5.91 Å². The van der Waals surface area contributed by atoms with Crippen LogP contribution in [0.1, 0.15) is 58.7 Å². The van der Waals surface area contributed by atoms with E-state index in [-0.39, 0.29) is 23.4 Å². The van der Waals surface area contributed by atoms with Crippen LogP contribution in [0.15, 0.2) is 24.3 Å². The molecule has 0 radical (unpaired) electrons. The minimum absolute atomic E-state index is 0.0203. The van der Waals surface area contributed by atoms with Crippen LogP contribution in [0.5, 0.6) is 0 Å². The van der Waals surface area contributed by atoms with E-state index in [1.54, 1.807) is 7.05 Å². The summed E-state index contributed by atoms with van der Waals surface area (Å²) < 4.78 is 0. The maximum Gasteiger partial charge on any atom is 0.236 e. The lowest BCUT2D eigenvalue weighted by Crippen LogP contribution is -2.43. The van der Waals surface area contributed by atoms with Crippen LogP contribution in [0.4, 0.5) is 0 Å². The molecule has 1 rings (SSSR count). The second kappa shape index (κ2) is 7.08. The molecule has 21 heavy (non-hydrogen) atoms. The quantitative estimate of drug-likeness (QED) is 0.872. The van der Waals surface area contributed by atoms with Gasteiger partial charge in [0.05, 0.1) is 6.04 Å². The van der Waals surface area contributed by atoms with Crippen molar-refractivity contribution in [3.05, 3.63) is 35.4 Å². The van der Waals surface area contributed by atoms with Gasteiger partial charge in [0.25, 0.3) is 0 Å². The van der Waals surface area contributed by atoms with Crippen LogP contribution in [-0.4, -0.2) is 19.0 Å². The fourth-order valence-electron chi connectivity index (χ4n) is 2.43. The average molecular weight is 290 g/mol. The Kier molecular flexibility index (Phi) is 5.97. The van der Waals surface area contributed by atoms with Gasteiger partial charge in [-0.3, -0.25) is 10.1 Å². The topological polar surface area (TPSA) is 41.1 Å². The van der Waals surface area contributed by atoms with E-state index in [1.807, 2.05) is 6.92 Å². The van der Waals surface area contributed by atoms with Crippen LogP contribution >= 0.6 is 0 Å². The van der Waals surface area contributed by atoms with E-state index in [1.165, 1.54) is 11.1 Å². The zero-order valence-corrected chi connectivity index (χ0v) is 14.4. The van der Waals surface area contributed by atoms with Gasteiger partial charge < -0.3 is 5.32 Å². The number of amides is 1. The van der Waals surface area contributed by atoms with Gasteiger partial charge in [-0.05, 0) is 29.4 Å². The molecule has 0 saturated carbocycles. The van der Waals surface area contributed by atoms with Gasteiger partial charge in [-0.1, -0.05) is 58.9 Å². The van der Waals surface area contributed by atoms with Crippen molar-refractivity contribution in [2.24, 2.45) is 5.92 Å². The third kappa shape index (κ3) is 4.85. The summed E-state index contributed by atoms with van der Waals surface area (Å²) in [4.78, 5) is 11.7. The molecule has 3 heteroatoms. The zero-order chi connectivity index (χ0) is 16.2. The van der Waals surface area contributed by atoms with Crippen molar-refractivity contribution in [2.75, 3.05) is 7.05 Å². The van der Waals surface area contributed by atoms with E-state index in [9.17, 15) is 4.79 Å². The predicted molar refractivity (Wildman–Crippen MR) is 89.4 cm³/mol. The molecule has 0 spiro atoms. The van der Waals surface area contributed by atoms with Crippen LogP contribution in [0, 0.1) is 5.92 Å². The molecule has 3 nitrogen and oxygen atoms in total. The van der Waals surface area contributed by atoms with Gasteiger partial charge in [0.1, 0.15) is 0 Å². The first-order valence-electron chi connectivity index (χ1n) is 7.75. The Morgan fingerprint density at radius 2 is 1.57 bits per heavy atom. The van der Waals surface area contributed by atoms with E-state index < -0.39 is 0 Å². The molecule has 0 aromatic heterocycles. The molecular formula is C18H30N2O. The van der Waals surface area contributed by atoms with E-state index in [0.717, 1.165) is 0 Å². The van der Waals surface area contributed by atoms with E-state index in [0.29, 0.717) is 5.92 Å². The van der Waals surface area contributed by atoms with Crippen LogP contribution in [0.2, 0.25) is 0 Å². The van der Waals surface area contributed by atoms with Crippen molar-refractivity contribution in [3.63, 3.8) is 0 Å². The van der Waals surface area contributed by atoms with E-state index >= 15 is 0 Å². The fraction of sp³-hybridized carbons (Fsp3) is 0.611. The first kappa shape index (κ1) is 17.7. The van der Waals surface area contributed by atoms with Gasteiger partial charge in [-0.2, -0.15) is 0 Å². The van der Waals surface area contributed by atoms with Crippen molar-refractivity contribution < 1.29 is 4.79 Å². The number of hydrogen-bond acceptors (Lipinski definition) is 2. The number of carbonyl (C=O) groups excluding carboxylic acids is 1. The molecule has 118 valence electrons. The summed E-state index contributed by atoms with van der Waals surface area (Å²) in [5, 5.41) is 6.12. The maximum atomic E-state index is 11.7. The van der Waals surface area contributed by atoms with Crippen LogP contribution in [-0.2, 0) is 10.2 Å². The minimum Gasteiger partial charge on any atom is -0.358 e. The third-order valence-electron chi connectivity index (χ3n) is 3.87. The monoisotopic (exact) mass is 290 g/mol. The third-order valence-corrected chi connectivity index (χ3v) is 3.87. The standard InChI is InChI=1S/C18H30N2O/c1-12(2)16(20-13(3)17(21)19-7)14-8-10-15(11-9-14)18(4,5)6/h8-13,16,20H,1-7H3,(H,19,21)/t13-,16+/m1/s1. The lowest BCUT2D eigenvalue weighted by molar-refractivity contribution is -0.122. The number of nitrogens with one attached hydrogen (secondary N) is 2. The Bertz CT molecular complexity index is 457. The van der Waals surface area contributed by atoms with Crippen LogP contribution in [0.3, 0.4) is 0 Å².